The van der Waals surface area contributed by atoms with E-state index in [-0.39, 0.29) is 53.0 Å². The Hall–Kier alpha value is -4.40. The number of halogens is 3. The lowest BCUT2D eigenvalue weighted by Crippen LogP contribution is -2.31. The molecular weight excluding hydrogens is 618 g/mol. The smallest absolute Gasteiger partial charge is 0.339 e. The number of carbonyl (C=O) groups excluding carboxylic acids is 4. The van der Waals surface area contributed by atoms with Gasteiger partial charge in [0.05, 0.1) is 34.3 Å². The zero-order valence-corrected chi connectivity index (χ0v) is 25.6. The van der Waals surface area contributed by atoms with Crippen LogP contribution in [0.4, 0.5) is 10.1 Å². The first-order chi connectivity index (χ1) is 21.7. The van der Waals surface area contributed by atoms with Crippen molar-refractivity contribution in [3.63, 3.8) is 0 Å². The second-order valence-corrected chi connectivity index (χ2v) is 12.0. The molecule has 4 aromatic rings. The minimum absolute atomic E-state index is 0.0204. The summed E-state index contributed by atoms with van der Waals surface area (Å²) >= 11 is 12.2. The minimum atomic E-state index is -1.21. The van der Waals surface area contributed by atoms with Gasteiger partial charge in [-0.1, -0.05) is 42.8 Å². The predicted molar refractivity (Wildman–Crippen MR) is 170 cm³/mol. The molecule has 4 unspecified atom stereocenters. The lowest BCUT2D eigenvalue weighted by Gasteiger charge is -2.22. The van der Waals surface area contributed by atoms with E-state index in [0.29, 0.717) is 39.3 Å². The molecule has 1 aliphatic heterocycles. The summed E-state index contributed by atoms with van der Waals surface area (Å²) in [7, 11) is 0. The first-order valence-electron chi connectivity index (χ1n) is 14.5. The number of amides is 2. The van der Waals surface area contributed by atoms with E-state index in [1.807, 2.05) is 19.1 Å². The number of esters is 1. The number of pyridine rings is 1. The van der Waals surface area contributed by atoms with Crippen LogP contribution in [-0.4, -0.2) is 40.5 Å². The van der Waals surface area contributed by atoms with Crippen LogP contribution in [-0.2, 0) is 14.3 Å². The van der Waals surface area contributed by atoms with Crippen molar-refractivity contribution in [2.24, 2.45) is 17.8 Å². The largest absolute Gasteiger partial charge is 0.450 e. The third kappa shape index (κ3) is 5.88. The number of imide groups is 1. The van der Waals surface area contributed by atoms with Gasteiger partial charge < -0.3 is 4.74 Å². The number of Topliss-reactive ketones (excluding diaryl/α,β-unsaturated/α-hetero) is 1. The number of ether oxygens (including phenoxy) is 1. The topological polar surface area (TPSA) is 93.6 Å². The van der Waals surface area contributed by atoms with Crippen molar-refractivity contribution in [2.75, 3.05) is 10.8 Å². The molecule has 1 saturated heterocycles. The van der Waals surface area contributed by atoms with Crippen LogP contribution in [0.15, 0.2) is 84.9 Å². The van der Waals surface area contributed by atoms with E-state index in [1.165, 1.54) is 17.0 Å². The van der Waals surface area contributed by atoms with Gasteiger partial charge in [0.1, 0.15) is 5.82 Å². The normalized spacial score (nSPS) is 19.9. The molecule has 228 valence electrons. The van der Waals surface area contributed by atoms with Crippen molar-refractivity contribution >= 4 is 63.4 Å². The van der Waals surface area contributed by atoms with Crippen LogP contribution in [0.25, 0.3) is 22.2 Å². The van der Waals surface area contributed by atoms with Crippen molar-refractivity contribution in [1.29, 1.82) is 0 Å². The molecule has 1 aromatic heterocycles. The maximum atomic E-state index is 13.6. The Labute approximate surface area is 268 Å². The van der Waals surface area contributed by atoms with Gasteiger partial charge in [0.15, 0.2) is 6.10 Å². The van der Waals surface area contributed by atoms with Crippen LogP contribution in [0.5, 0.6) is 0 Å². The number of rotatable bonds is 8. The molecule has 2 heterocycles. The van der Waals surface area contributed by atoms with E-state index in [2.05, 4.69) is 0 Å². The highest BCUT2D eigenvalue weighted by molar-refractivity contribution is 6.31. The van der Waals surface area contributed by atoms with Crippen LogP contribution in [0.2, 0.25) is 5.02 Å². The summed E-state index contributed by atoms with van der Waals surface area (Å²) in [5, 5.41) is 0.797. The third-order valence-electron chi connectivity index (χ3n) is 8.33. The second kappa shape index (κ2) is 12.5. The highest BCUT2D eigenvalue weighted by Gasteiger charge is 2.50. The second-order valence-electron chi connectivity index (χ2n) is 11.2. The van der Waals surface area contributed by atoms with Crippen molar-refractivity contribution < 1.29 is 28.3 Å². The van der Waals surface area contributed by atoms with Gasteiger partial charge >= 0.3 is 5.97 Å². The van der Waals surface area contributed by atoms with Gasteiger partial charge in [-0.3, -0.25) is 19.3 Å². The Balaban J connectivity index is 1.32. The number of fused-ring (bicyclic) bond motifs is 2. The Bertz CT molecular complexity index is 1860. The van der Waals surface area contributed by atoms with Crippen molar-refractivity contribution in [3.8, 4) is 11.3 Å². The molecule has 7 nitrogen and oxygen atoms in total. The fourth-order valence-electron chi connectivity index (χ4n) is 6.03. The molecule has 45 heavy (non-hydrogen) atoms. The molecule has 10 heteroatoms. The molecule has 6 rings (SSSR count). The van der Waals surface area contributed by atoms with Gasteiger partial charge in [-0.2, -0.15) is 0 Å². The number of benzene rings is 3. The predicted octanol–water partition coefficient (Wildman–Crippen LogP) is 7.43. The molecule has 2 aliphatic rings. The van der Waals surface area contributed by atoms with Gasteiger partial charge in [-0.25, -0.2) is 14.2 Å². The summed E-state index contributed by atoms with van der Waals surface area (Å²) in [5.74, 6) is -2.92. The van der Waals surface area contributed by atoms with Crippen LogP contribution in [0.1, 0.15) is 40.5 Å². The molecule has 2 amide bonds. The first kappa shape index (κ1) is 30.6. The molecule has 1 aliphatic carbocycles. The molecule has 1 fully saturated rings. The summed E-state index contributed by atoms with van der Waals surface area (Å²) in [6.07, 6.45) is 3.33. The van der Waals surface area contributed by atoms with Crippen LogP contribution < -0.4 is 4.90 Å². The Kier molecular flexibility index (Phi) is 8.53. The fraction of sp³-hybridized carbons (Fsp3) is 0.229. The van der Waals surface area contributed by atoms with Gasteiger partial charge in [0, 0.05) is 33.8 Å². The molecule has 3 aromatic carbocycles. The quantitative estimate of drug-likeness (QED) is 0.0651. The molecule has 0 bridgehead atoms. The first-order valence-corrected chi connectivity index (χ1v) is 15.4. The molecule has 0 saturated carbocycles. The van der Waals surface area contributed by atoms with E-state index in [1.54, 1.807) is 48.5 Å². The van der Waals surface area contributed by atoms with Gasteiger partial charge in [-0.15, -0.1) is 11.6 Å². The molecular formula is C35H27Cl2FN2O5. The standard InChI is InChI=1S/C35H27Cl2FN2O5/c1-19-3-2-4-25-31(19)34(43)40(33(25)42)24-12-7-20(8-13-24)29-18-27(26-17-22(37)9-14-28(26)39-29)35(44)45-30(15-16-36)32(41)21-5-10-23(38)11-6-21/h2-3,5-14,17-19,25,30-31H,4,15-16H2,1H3. The SMILES string of the molecule is CC1C=CCC2C(=O)N(c3ccc(-c4cc(C(=O)OC(CCCl)C(=O)c5ccc(F)cc5)c5cc(Cl)ccc5n4)cc3)C(=O)C12. The summed E-state index contributed by atoms with van der Waals surface area (Å²) < 4.78 is 19.1. The highest BCUT2D eigenvalue weighted by Crippen LogP contribution is 2.41. The summed E-state index contributed by atoms with van der Waals surface area (Å²) in [4.78, 5) is 59.2. The average molecular weight is 646 g/mol. The Morgan fingerprint density at radius 1 is 1.02 bits per heavy atom. The highest BCUT2D eigenvalue weighted by atomic mass is 35.5. The van der Waals surface area contributed by atoms with E-state index in [0.717, 1.165) is 12.1 Å². The van der Waals surface area contributed by atoms with Crippen LogP contribution in [0, 0.1) is 23.6 Å². The van der Waals surface area contributed by atoms with Crippen LogP contribution >= 0.6 is 23.2 Å². The van der Waals surface area contributed by atoms with Gasteiger partial charge in [0.25, 0.3) is 0 Å². The number of alkyl halides is 1. The molecule has 0 spiro atoms. The van der Waals surface area contributed by atoms with Crippen molar-refractivity contribution in [2.45, 2.75) is 25.9 Å². The lowest BCUT2D eigenvalue weighted by molar-refractivity contribution is -0.122. The zero-order valence-electron chi connectivity index (χ0n) is 24.1. The fourth-order valence-corrected chi connectivity index (χ4v) is 6.40. The number of aromatic nitrogens is 1. The number of carbonyl (C=O) groups is 4. The van der Waals surface area contributed by atoms with E-state index in [4.69, 9.17) is 32.9 Å². The minimum Gasteiger partial charge on any atom is -0.450 e. The zero-order chi connectivity index (χ0) is 31.8. The number of ketones is 1. The molecule has 0 radical (unpaired) electrons. The summed E-state index contributed by atoms with van der Waals surface area (Å²) in [6, 6.07) is 18.2. The number of nitrogens with zero attached hydrogens (tertiary/aromatic N) is 2. The van der Waals surface area contributed by atoms with Crippen molar-refractivity contribution in [3.05, 3.63) is 107 Å². The van der Waals surface area contributed by atoms with E-state index >= 15 is 0 Å². The average Bonchev–Trinajstić information content (AvgIpc) is 3.30. The Morgan fingerprint density at radius 2 is 1.76 bits per heavy atom. The monoisotopic (exact) mass is 644 g/mol. The Morgan fingerprint density at radius 3 is 2.44 bits per heavy atom. The maximum absolute atomic E-state index is 13.6. The third-order valence-corrected chi connectivity index (χ3v) is 8.78. The number of allylic oxidation sites excluding steroid dienone is 2. The van der Waals surface area contributed by atoms with Gasteiger partial charge in [-0.05, 0) is 73.0 Å². The number of anilines is 1. The summed E-state index contributed by atoms with van der Waals surface area (Å²) in [6.45, 7) is 1.95. The van der Waals surface area contributed by atoms with E-state index < -0.39 is 23.7 Å². The van der Waals surface area contributed by atoms with Gasteiger partial charge in [0.2, 0.25) is 17.6 Å². The number of hydrogen-bond donors (Lipinski definition) is 0. The van der Waals surface area contributed by atoms with Crippen LogP contribution in [0.3, 0.4) is 0 Å². The molecule has 4 atom stereocenters. The summed E-state index contributed by atoms with van der Waals surface area (Å²) in [5.41, 5.74) is 2.28. The van der Waals surface area contributed by atoms with E-state index in [9.17, 15) is 23.6 Å². The lowest BCUT2D eigenvalue weighted by atomic mass is 9.78. The number of hydrogen-bond acceptors (Lipinski definition) is 6. The molecule has 0 N–H and O–H groups in total. The maximum Gasteiger partial charge on any atom is 0.339 e. The van der Waals surface area contributed by atoms with Crippen molar-refractivity contribution in [1.82, 2.24) is 4.98 Å².